The van der Waals surface area contributed by atoms with Gasteiger partial charge in [0.05, 0.1) is 0 Å². The molecule has 2 aliphatic rings. The van der Waals surface area contributed by atoms with E-state index in [4.69, 9.17) is 0 Å². The zero-order chi connectivity index (χ0) is 7.68. The Morgan fingerprint density at radius 2 is 2.00 bits per heavy atom. The van der Waals surface area contributed by atoms with Crippen LogP contribution in [-0.4, -0.2) is 13.1 Å². The van der Waals surface area contributed by atoms with E-state index in [1.807, 2.05) is 0 Å². The molecule has 0 aromatic carbocycles. The van der Waals surface area contributed by atoms with Gasteiger partial charge in [-0.25, -0.2) is 0 Å². The molecule has 1 heteroatoms. The van der Waals surface area contributed by atoms with E-state index in [0.29, 0.717) is 0 Å². The van der Waals surface area contributed by atoms with Crippen LogP contribution in [0.1, 0.15) is 38.5 Å². The molecule has 0 aromatic heterocycles. The van der Waals surface area contributed by atoms with Gasteiger partial charge in [-0.1, -0.05) is 12.8 Å². The first kappa shape index (κ1) is 7.60. The first-order valence-electron chi connectivity index (χ1n) is 5.07. The first-order valence-corrected chi connectivity index (χ1v) is 5.07. The number of nitrogens with one attached hydrogen (secondary N) is 1. The highest BCUT2D eigenvalue weighted by Gasteiger charge is 2.31. The fourth-order valence-corrected chi connectivity index (χ4v) is 1.94. The molecule has 2 fully saturated rings. The maximum atomic E-state index is 3.45. The van der Waals surface area contributed by atoms with Gasteiger partial charge in [0.15, 0.2) is 0 Å². The molecule has 0 amide bonds. The van der Waals surface area contributed by atoms with Crippen LogP contribution >= 0.6 is 0 Å². The number of rotatable bonds is 5. The van der Waals surface area contributed by atoms with Crippen molar-refractivity contribution in [2.75, 3.05) is 7.05 Å². The summed E-state index contributed by atoms with van der Waals surface area (Å²) >= 11 is 0. The highest BCUT2D eigenvalue weighted by atomic mass is 14.9. The lowest BCUT2D eigenvalue weighted by atomic mass is 10.1. The molecular formula is C10H19N. The van der Waals surface area contributed by atoms with Crippen molar-refractivity contribution in [3.63, 3.8) is 0 Å². The van der Waals surface area contributed by atoms with Crippen molar-refractivity contribution in [2.24, 2.45) is 11.8 Å². The van der Waals surface area contributed by atoms with E-state index in [9.17, 15) is 0 Å². The molecule has 2 aliphatic carbocycles. The molecule has 0 aromatic rings. The Balaban J connectivity index is 1.63. The van der Waals surface area contributed by atoms with Crippen molar-refractivity contribution in [3.05, 3.63) is 0 Å². The summed E-state index contributed by atoms with van der Waals surface area (Å²) in [4.78, 5) is 0. The molecule has 0 bridgehead atoms. The summed E-state index contributed by atoms with van der Waals surface area (Å²) in [5.41, 5.74) is 0. The molecule has 64 valence electrons. The van der Waals surface area contributed by atoms with Crippen LogP contribution in [0.5, 0.6) is 0 Å². The minimum absolute atomic E-state index is 0.857. The summed E-state index contributed by atoms with van der Waals surface area (Å²) in [6.45, 7) is 0. The highest BCUT2D eigenvalue weighted by molar-refractivity contribution is 4.87. The Morgan fingerprint density at radius 3 is 2.45 bits per heavy atom. The predicted octanol–water partition coefficient (Wildman–Crippen LogP) is 2.17. The maximum absolute atomic E-state index is 3.45. The summed E-state index contributed by atoms with van der Waals surface area (Å²) in [7, 11) is 2.12. The summed E-state index contributed by atoms with van der Waals surface area (Å²) < 4.78 is 0. The van der Waals surface area contributed by atoms with Crippen molar-refractivity contribution >= 4 is 0 Å². The average Bonchev–Trinajstić information content (AvgIpc) is 2.85. The zero-order valence-electron chi connectivity index (χ0n) is 7.47. The second-order valence-electron chi connectivity index (χ2n) is 4.25. The van der Waals surface area contributed by atoms with Gasteiger partial charge >= 0.3 is 0 Å². The summed E-state index contributed by atoms with van der Waals surface area (Å²) in [5, 5.41) is 3.45. The predicted molar refractivity (Wildman–Crippen MR) is 47.5 cm³/mol. The third kappa shape index (κ3) is 2.19. The molecule has 0 spiro atoms. The van der Waals surface area contributed by atoms with Crippen LogP contribution in [-0.2, 0) is 0 Å². The van der Waals surface area contributed by atoms with Crippen LogP contribution in [0, 0.1) is 11.8 Å². The molecule has 0 saturated heterocycles. The van der Waals surface area contributed by atoms with E-state index in [-0.39, 0.29) is 0 Å². The van der Waals surface area contributed by atoms with Gasteiger partial charge in [0.1, 0.15) is 0 Å². The zero-order valence-corrected chi connectivity index (χ0v) is 7.47. The van der Waals surface area contributed by atoms with Crippen LogP contribution in [0.4, 0.5) is 0 Å². The van der Waals surface area contributed by atoms with E-state index in [1.165, 1.54) is 38.5 Å². The van der Waals surface area contributed by atoms with Crippen LogP contribution < -0.4 is 5.32 Å². The van der Waals surface area contributed by atoms with Gasteiger partial charge in [-0.2, -0.15) is 0 Å². The normalized spacial score (nSPS) is 27.0. The Hall–Kier alpha value is -0.0400. The summed E-state index contributed by atoms with van der Waals surface area (Å²) in [5.74, 6) is 2.16. The highest BCUT2D eigenvalue weighted by Crippen LogP contribution is 2.38. The minimum atomic E-state index is 0.857. The average molecular weight is 153 g/mol. The monoisotopic (exact) mass is 153 g/mol. The number of hydrogen-bond acceptors (Lipinski definition) is 1. The van der Waals surface area contributed by atoms with E-state index in [1.54, 1.807) is 0 Å². The molecule has 11 heavy (non-hydrogen) atoms. The third-order valence-corrected chi connectivity index (χ3v) is 3.14. The quantitative estimate of drug-likeness (QED) is 0.638. The topological polar surface area (TPSA) is 12.0 Å². The molecule has 2 rings (SSSR count). The van der Waals surface area contributed by atoms with Gasteiger partial charge in [0, 0.05) is 6.04 Å². The molecule has 1 nitrogen and oxygen atoms in total. The molecule has 2 saturated carbocycles. The van der Waals surface area contributed by atoms with Crippen LogP contribution in [0.2, 0.25) is 0 Å². The second-order valence-corrected chi connectivity index (χ2v) is 4.25. The number of hydrogen-bond donors (Lipinski definition) is 1. The van der Waals surface area contributed by atoms with E-state index < -0.39 is 0 Å². The third-order valence-electron chi connectivity index (χ3n) is 3.14. The lowest BCUT2D eigenvalue weighted by Crippen LogP contribution is -2.27. The molecule has 1 N–H and O–H groups in total. The molecule has 1 atom stereocenters. The van der Waals surface area contributed by atoms with Gasteiger partial charge < -0.3 is 5.32 Å². The molecule has 0 aliphatic heterocycles. The Kier molecular flexibility index (Phi) is 2.17. The summed E-state index contributed by atoms with van der Waals surface area (Å²) in [6, 6.07) is 0.857. The van der Waals surface area contributed by atoms with Gasteiger partial charge in [-0.15, -0.1) is 0 Å². The van der Waals surface area contributed by atoms with E-state index in [0.717, 1.165) is 17.9 Å². The van der Waals surface area contributed by atoms with Gasteiger partial charge in [-0.3, -0.25) is 0 Å². The Bertz CT molecular complexity index is 125. The van der Waals surface area contributed by atoms with Gasteiger partial charge in [-0.05, 0) is 44.6 Å². The fraction of sp³-hybridized carbons (Fsp3) is 1.00. The lowest BCUT2D eigenvalue weighted by Gasteiger charge is -2.14. The van der Waals surface area contributed by atoms with Crippen LogP contribution in [0.3, 0.4) is 0 Å². The first-order chi connectivity index (χ1) is 5.40. The SMILES string of the molecule is CNC(CCC1CC1)C1CC1. The molecule has 1 unspecified atom stereocenters. The summed E-state index contributed by atoms with van der Waals surface area (Å²) in [6.07, 6.45) is 8.92. The Morgan fingerprint density at radius 1 is 1.27 bits per heavy atom. The van der Waals surface area contributed by atoms with Gasteiger partial charge in [0.25, 0.3) is 0 Å². The lowest BCUT2D eigenvalue weighted by molar-refractivity contribution is 0.444. The van der Waals surface area contributed by atoms with E-state index in [2.05, 4.69) is 12.4 Å². The maximum Gasteiger partial charge on any atom is 0.00924 e. The van der Waals surface area contributed by atoms with Crippen molar-refractivity contribution in [3.8, 4) is 0 Å². The van der Waals surface area contributed by atoms with Gasteiger partial charge in [0.2, 0.25) is 0 Å². The van der Waals surface area contributed by atoms with Crippen molar-refractivity contribution in [1.29, 1.82) is 0 Å². The van der Waals surface area contributed by atoms with Crippen LogP contribution in [0.25, 0.3) is 0 Å². The van der Waals surface area contributed by atoms with Crippen molar-refractivity contribution in [1.82, 2.24) is 5.32 Å². The standard InChI is InChI=1S/C10H19N/c1-11-10(9-5-6-9)7-4-8-2-3-8/h8-11H,2-7H2,1H3. The Labute approximate surface area is 69.6 Å². The van der Waals surface area contributed by atoms with Crippen LogP contribution in [0.15, 0.2) is 0 Å². The molecular weight excluding hydrogens is 134 g/mol. The molecule has 0 heterocycles. The van der Waals surface area contributed by atoms with Crippen molar-refractivity contribution < 1.29 is 0 Å². The minimum Gasteiger partial charge on any atom is -0.317 e. The van der Waals surface area contributed by atoms with E-state index >= 15 is 0 Å². The molecule has 0 radical (unpaired) electrons. The fourth-order valence-electron chi connectivity index (χ4n) is 1.94. The van der Waals surface area contributed by atoms with Crippen molar-refractivity contribution in [2.45, 2.75) is 44.6 Å². The second kappa shape index (κ2) is 3.14. The largest absolute Gasteiger partial charge is 0.317 e. The smallest absolute Gasteiger partial charge is 0.00924 e.